The molecule has 3 aromatic heterocycles. The number of aryl methyl sites for hydroxylation is 1. The normalized spacial score (nSPS) is 16.1. The van der Waals surface area contributed by atoms with Crippen LogP contribution in [0.15, 0.2) is 48.0 Å². The molecule has 30 heavy (non-hydrogen) atoms. The van der Waals surface area contributed by atoms with Crippen LogP contribution < -0.4 is 10.6 Å². The Balaban J connectivity index is 0.00000256. The van der Waals surface area contributed by atoms with Gasteiger partial charge in [0.15, 0.2) is 11.8 Å². The van der Waals surface area contributed by atoms with Crippen LogP contribution in [-0.4, -0.2) is 43.6 Å². The smallest absolute Gasteiger partial charge is 0.191 e. The number of aromatic nitrogens is 5. The van der Waals surface area contributed by atoms with Crippen molar-refractivity contribution < 1.29 is 0 Å². The van der Waals surface area contributed by atoms with E-state index in [1.165, 1.54) is 11.3 Å². The summed E-state index contributed by atoms with van der Waals surface area (Å²) in [7, 11) is 1.80. The molecular formula is C21H29IN8. The Morgan fingerprint density at radius 3 is 2.93 bits per heavy atom. The van der Waals surface area contributed by atoms with E-state index in [0.29, 0.717) is 18.6 Å². The molecule has 0 fully saturated rings. The zero-order valence-corrected chi connectivity index (χ0v) is 19.9. The van der Waals surface area contributed by atoms with E-state index in [1.54, 1.807) is 24.1 Å². The minimum Gasteiger partial charge on any atom is -0.353 e. The third kappa shape index (κ3) is 5.18. The Hall–Kier alpha value is -2.43. The van der Waals surface area contributed by atoms with Gasteiger partial charge in [-0.1, -0.05) is 0 Å². The monoisotopic (exact) mass is 520 g/mol. The van der Waals surface area contributed by atoms with Gasteiger partial charge in [-0.15, -0.1) is 24.0 Å². The van der Waals surface area contributed by atoms with Crippen molar-refractivity contribution in [2.75, 3.05) is 7.05 Å². The Labute approximate surface area is 194 Å². The van der Waals surface area contributed by atoms with Crippen molar-refractivity contribution in [1.82, 2.24) is 35.2 Å². The standard InChI is InChI=1S/C21H28N8.HI/c1-15(2)29-14-17-5-6-18(12-19(17)27-29)26-21(22-3)24-13-16-7-9-23-20(11-16)28-10-4-8-25-28;/h4,7-11,14-15,18H,5-6,12-13H2,1-3H3,(H2,22,24,26);1H. The SMILES string of the molecule is CN=C(NCc1ccnc(-n2cccn2)c1)NC1CCc2cn(C(C)C)nc2C1.I. The second-order valence-corrected chi connectivity index (χ2v) is 7.66. The summed E-state index contributed by atoms with van der Waals surface area (Å²) in [4.78, 5) is 8.77. The number of hydrogen-bond donors (Lipinski definition) is 2. The lowest BCUT2D eigenvalue weighted by atomic mass is 9.94. The molecule has 1 aliphatic rings. The molecule has 0 spiro atoms. The highest BCUT2D eigenvalue weighted by Crippen LogP contribution is 2.21. The van der Waals surface area contributed by atoms with Gasteiger partial charge in [-0.05, 0) is 56.0 Å². The van der Waals surface area contributed by atoms with E-state index in [9.17, 15) is 0 Å². The molecule has 0 radical (unpaired) electrons. The molecule has 1 aliphatic carbocycles. The largest absolute Gasteiger partial charge is 0.353 e. The van der Waals surface area contributed by atoms with Gasteiger partial charge < -0.3 is 10.6 Å². The molecule has 1 unspecified atom stereocenters. The highest BCUT2D eigenvalue weighted by molar-refractivity contribution is 14.0. The summed E-state index contributed by atoms with van der Waals surface area (Å²) in [6.07, 6.45) is 10.7. The van der Waals surface area contributed by atoms with E-state index in [0.717, 1.165) is 36.6 Å². The molecule has 0 aromatic carbocycles. The van der Waals surface area contributed by atoms with Gasteiger partial charge in [-0.3, -0.25) is 9.67 Å². The molecule has 0 bridgehead atoms. The molecular weight excluding hydrogens is 491 g/mol. The van der Waals surface area contributed by atoms with Gasteiger partial charge in [0.05, 0.1) is 5.69 Å². The van der Waals surface area contributed by atoms with Crippen molar-refractivity contribution in [2.45, 2.75) is 51.7 Å². The highest BCUT2D eigenvalue weighted by Gasteiger charge is 2.23. The van der Waals surface area contributed by atoms with Gasteiger partial charge in [0, 0.05) is 56.9 Å². The van der Waals surface area contributed by atoms with Gasteiger partial charge >= 0.3 is 0 Å². The van der Waals surface area contributed by atoms with Crippen LogP contribution in [-0.2, 0) is 19.4 Å². The summed E-state index contributed by atoms with van der Waals surface area (Å²) in [6, 6.07) is 6.64. The fourth-order valence-corrected chi connectivity index (χ4v) is 3.57. The van der Waals surface area contributed by atoms with Crippen molar-refractivity contribution in [1.29, 1.82) is 0 Å². The second-order valence-electron chi connectivity index (χ2n) is 7.66. The van der Waals surface area contributed by atoms with Crippen LogP contribution in [0.1, 0.15) is 43.1 Å². The van der Waals surface area contributed by atoms with Gasteiger partial charge in [-0.2, -0.15) is 10.2 Å². The molecule has 160 valence electrons. The molecule has 8 nitrogen and oxygen atoms in total. The summed E-state index contributed by atoms with van der Waals surface area (Å²) in [5, 5.41) is 16.0. The predicted molar refractivity (Wildman–Crippen MR) is 129 cm³/mol. The molecule has 1 atom stereocenters. The first kappa shape index (κ1) is 22.3. The van der Waals surface area contributed by atoms with Gasteiger partial charge in [0.1, 0.15) is 0 Å². The van der Waals surface area contributed by atoms with Crippen molar-refractivity contribution in [3.8, 4) is 5.82 Å². The number of nitrogens with zero attached hydrogens (tertiary/aromatic N) is 6. The topological polar surface area (TPSA) is 85.0 Å². The van der Waals surface area contributed by atoms with Crippen LogP contribution in [0.2, 0.25) is 0 Å². The van der Waals surface area contributed by atoms with Gasteiger partial charge in [0.25, 0.3) is 0 Å². The first-order valence-electron chi connectivity index (χ1n) is 10.1. The Morgan fingerprint density at radius 2 is 2.20 bits per heavy atom. The first-order valence-corrected chi connectivity index (χ1v) is 10.1. The van der Waals surface area contributed by atoms with E-state index in [4.69, 9.17) is 5.10 Å². The van der Waals surface area contributed by atoms with Crippen LogP contribution in [0.25, 0.3) is 5.82 Å². The van der Waals surface area contributed by atoms with Crippen molar-refractivity contribution in [2.24, 2.45) is 4.99 Å². The lowest BCUT2D eigenvalue weighted by Gasteiger charge is -2.24. The summed E-state index contributed by atoms with van der Waals surface area (Å²) in [5.74, 6) is 1.61. The Morgan fingerprint density at radius 1 is 1.33 bits per heavy atom. The number of pyridine rings is 1. The minimum atomic E-state index is 0. The molecule has 0 saturated carbocycles. The highest BCUT2D eigenvalue weighted by atomic mass is 127. The minimum absolute atomic E-state index is 0. The maximum atomic E-state index is 4.76. The lowest BCUT2D eigenvalue weighted by Crippen LogP contribution is -2.45. The number of aliphatic imine (C=N–C) groups is 1. The molecule has 0 amide bonds. The lowest BCUT2D eigenvalue weighted by molar-refractivity contribution is 0.499. The number of nitrogens with one attached hydrogen (secondary N) is 2. The average molecular weight is 520 g/mol. The maximum Gasteiger partial charge on any atom is 0.191 e. The van der Waals surface area contributed by atoms with Gasteiger partial charge in [-0.25, -0.2) is 9.67 Å². The number of halogens is 1. The van der Waals surface area contributed by atoms with E-state index in [1.807, 2.05) is 24.4 Å². The summed E-state index contributed by atoms with van der Waals surface area (Å²) in [6.45, 7) is 4.99. The summed E-state index contributed by atoms with van der Waals surface area (Å²) < 4.78 is 3.83. The van der Waals surface area contributed by atoms with Crippen LogP contribution in [0, 0.1) is 0 Å². The molecule has 9 heteroatoms. The quantitative estimate of drug-likeness (QED) is 0.307. The fraction of sp³-hybridized carbons (Fsp3) is 0.429. The van der Waals surface area contributed by atoms with Crippen LogP contribution in [0.5, 0.6) is 0 Å². The number of guanidine groups is 1. The summed E-state index contributed by atoms with van der Waals surface area (Å²) in [5.41, 5.74) is 3.70. The Kier molecular flexibility index (Phi) is 7.46. The van der Waals surface area contributed by atoms with E-state index >= 15 is 0 Å². The molecule has 4 rings (SSSR count). The van der Waals surface area contributed by atoms with E-state index < -0.39 is 0 Å². The zero-order chi connectivity index (χ0) is 20.2. The van der Waals surface area contributed by atoms with E-state index in [-0.39, 0.29) is 24.0 Å². The molecule has 0 aliphatic heterocycles. The first-order chi connectivity index (χ1) is 14.1. The fourth-order valence-electron chi connectivity index (χ4n) is 3.57. The molecule has 0 saturated heterocycles. The van der Waals surface area contributed by atoms with Crippen molar-refractivity contribution in [3.63, 3.8) is 0 Å². The summed E-state index contributed by atoms with van der Waals surface area (Å²) >= 11 is 0. The van der Waals surface area contributed by atoms with E-state index in [2.05, 4.69) is 50.4 Å². The van der Waals surface area contributed by atoms with Crippen LogP contribution >= 0.6 is 24.0 Å². The molecule has 2 N–H and O–H groups in total. The number of fused-ring (bicyclic) bond motifs is 1. The van der Waals surface area contributed by atoms with Crippen molar-refractivity contribution in [3.05, 3.63) is 59.8 Å². The van der Waals surface area contributed by atoms with Crippen LogP contribution in [0.3, 0.4) is 0 Å². The van der Waals surface area contributed by atoms with Crippen molar-refractivity contribution >= 4 is 29.9 Å². The third-order valence-electron chi connectivity index (χ3n) is 5.20. The second kappa shape index (κ2) is 10.1. The molecule has 3 heterocycles. The Bertz CT molecular complexity index is 977. The zero-order valence-electron chi connectivity index (χ0n) is 17.6. The maximum absolute atomic E-state index is 4.76. The average Bonchev–Trinajstić information content (AvgIpc) is 3.41. The molecule has 3 aromatic rings. The van der Waals surface area contributed by atoms with Crippen LogP contribution in [0.4, 0.5) is 0 Å². The number of rotatable bonds is 5. The predicted octanol–water partition coefficient (Wildman–Crippen LogP) is 2.89. The van der Waals surface area contributed by atoms with Gasteiger partial charge in [0.2, 0.25) is 0 Å². The number of hydrogen-bond acceptors (Lipinski definition) is 4. The third-order valence-corrected chi connectivity index (χ3v) is 5.20.